The predicted molar refractivity (Wildman–Crippen MR) is 181 cm³/mol. The summed E-state index contributed by atoms with van der Waals surface area (Å²) in [6.45, 7) is 15.8. The lowest BCUT2D eigenvalue weighted by Crippen LogP contribution is -2.30. The first kappa shape index (κ1) is 36.7. The van der Waals surface area contributed by atoms with Gasteiger partial charge < -0.3 is 29.6 Å². The van der Waals surface area contributed by atoms with E-state index in [1.807, 2.05) is 24.3 Å². The van der Waals surface area contributed by atoms with Gasteiger partial charge in [0.2, 0.25) is 5.91 Å². The molecule has 3 rings (SSSR count). The number of imidazole rings is 1. The van der Waals surface area contributed by atoms with Crippen molar-refractivity contribution in [3.63, 3.8) is 0 Å². The second-order valence-corrected chi connectivity index (χ2v) is 11.5. The summed E-state index contributed by atoms with van der Waals surface area (Å²) in [6, 6.07) is 7.50. The number of aromatic nitrogens is 4. The Kier molecular flexibility index (Phi) is 15.7. The molecule has 0 fully saturated rings. The lowest BCUT2D eigenvalue weighted by atomic mass is 10.1. The molecular weight excluding hydrogens is 586 g/mol. The van der Waals surface area contributed by atoms with Crippen molar-refractivity contribution in [3.05, 3.63) is 45.9 Å². The number of ether oxygens (including phenoxy) is 2. The van der Waals surface area contributed by atoms with Crippen LogP contribution in [0.2, 0.25) is 0 Å². The molecule has 0 bridgehead atoms. The van der Waals surface area contributed by atoms with Crippen molar-refractivity contribution < 1.29 is 19.1 Å². The van der Waals surface area contributed by atoms with Crippen molar-refractivity contribution in [1.29, 1.82) is 0 Å². The molecule has 2 heterocycles. The average molecular weight is 640 g/mol. The van der Waals surface area contributed by atoms with Crippen LogP contribution < -0.4 is 15.7 Å². The summed E-state index contributed by atoms with van der Waals surface area (Å²) >= 11 is 0. The molecule has 0 aliphatic heterocycles. The molecule has 12 heteroatoms. The first-order chi connectivity index (χ1) is 22.3. The molecule has 0 saturated heterocycles. The Hall–Kier alpha value is -3.77. The standard InChI is InChI=1S/C34H53N7O5/c1-6-10-22-46-33-37-31(35-28(42)18-12-11-13-19-40(9-4)21-15-20-39(7-2)8-3)30-32(38-33)41(34(44)36-30)25-27-17-14-16-26(23-27)24-29(43)45-5/h14,16-17,23H,6-13,15,18-22,24-25H2,1-5H3,(H,36,44)(H,35,37,38,42). The lowest BCUT2D eigenvalue weighted by molar-refractivity contribution is -0.139. The Morgan fingerprint density at radius 2 is 1.63 bits per heavy atom. The summed E-state index contributed by atoms with van der Waals surface area (Å²) in [4.78, 5) is 54.7. The maximum Gasteiger partial charge on any atom is 0.328 e. The van der Waals surface area contributed by atoms with Crippen molar-refractivity contribution >= 4 is 28.9 Å². The van der Waals surface area contributed by atoms with E-state index in [0.717, 1.165) is 82.5 Å². The number of nitrogens with one attached hydrogen (secondary N) is 2. The number of hydrogen-bond acceptors (Lipinski definition) is 9. The van der Waals surface area contributed by atoms with E-state index < -0.39 is 0 Å². The summed E-state index contributed by atoms with van der Waals surface area (Å²) in [5.41, 5.74) is 1.88. The van der Waals surface area contributed by atoms with E-state index in [4.69, 9.17) is 9.47 Å². The number of nitrogens with zero attached hydrogens (tertiary/aromatic N) is 5. The van der Waals surface area contributed by atoms with Crippen molar-refractivity contribution in [2.75, 3.05) is 58.3 Å². The van der Waals surface area contributed by atoms with Crippen LogP contribution in [0, 0.1) is 0 Å². The zero-order valence-electron chi connectivity index (χ0n) is 28.4. The number of amides is 1. The van der Waals surface area contributed by atoms with E-state index in [-0.39, 0.29) is 42.4 Å². The average Bonchev–Trinajstić information content (AvgIpc) is 3.36. The number of carbonyl (C=O) groups is 2. The van der Waals surface area contributed by atoms with Crippen LogP contribution >= 0.6 is 0 Å². The molecular formula is C34H53N7O5. The number of methoxy groups -OCH3 is 1. The highest BCUT2D eigenvalue weighted by Crippen LogP contribution is 2.22. The minimum atomic E-state index is -0.388. The number of unbranched alkanes of at least 4 members (excludes halogenated alkanes) is 3. The summed E-state index contributed by atoms with van der Waals surface area (Å²) in [6.07, 6.45) is 6.16. The number of carbonyl (C=O) groups excluding carboxylic acids is 2. The molecule has 0 spiro atoms. The van der Waals surface area contributed by atoms with Gasteiger partial charge in [-0.1, -0.05) is 64.8 Å². The summed E-state index contributed by atoms with van der Waals surface area (Å²) in [7, 11) is 1.35. The molecule has 0 atom stereocenters. The molecule has 1 aromatic carbocycles. The number of H-pyrrole nitrogens is 1. The number of hydrogen-bond donors (Lipinski definition) is 2. The Morgan fingerprint density at radius 1 is 0.913 bits per heavy atom. The number of anilines is 1. The monoisotopic (exact) mass is 639 g/mol. The summed E-state index contributed by atoms with van der Waals surface area (Å²) in [5.74, 6) is -0.287. The highest BCUT2D eigenvalue weighted by molar-refractivity contribution is 5.97. The third-order valence-electron chi connectivity index (χ3n) is 8.17. The molecule has 2 aromatic heterocycles. The number of rotatable bonds is 22. The number of benzene rings is 1. The van der Waals surface area contributed by atoms with Crippen LogP contribution in [-0.4, -0.2) is 94.2 Å². The van der Waals surface area contributed by atoms with Crippen LogP contribution in [0.15, 0.2) is 29.1 Å². The number of esters is 1. The van der Waals surface area contributed by atoms with Gasteiger partial charge in [-0.25, -0.2) is 4.79 Å². The SMILES string of the molecule is CCCCOc1nc(NC(=O)CCCCCN(CC)CCCN(CC)CC)c2[nH]c(=O)n(Cc3cccc(CC(=O)OC)c3)c2n1. The molecule has 3 aromatic rings. The van der Waals surface area contributed by atoms with Gasteiger partial charge in [-0.3, -0.25) is 14.2 Å². The van der Waals surface area contributed by atoms with E-state index in [0.29, 0.717) is 24.2 Å². The van der Waals surface area contributed by atoms with E-state index in [1.165, 1.54) is 18.1 Å². The Balaban J connectivity index is 1.65. The molecule has 0 aliphatic carbocycles. The van der Waals surface area contributed by atoms with E-state index in [1.54, 1.807) is 0 Å². The number of aromatic amines is 1. The molecule has 12 nitrogen and oxygen atoms in total. The minimum absolute atomic E-state index is 0.101. The van der Waals surface area contributed by atoms with Gasteiger partial charge in [0.05, 0.1) is 26.7 Å². The smallest absolute Gasteiger partial charge is 0.328 e. The van der Waals surface area contributed by atoms with Crippen molar-refractivity contribution in [2.45, 2.75) is 85.6 Å². The quantitative estimate of drug-likeness (QED) is 0.119. The van der Waals surface area contributed by atoms with E-state index >= 15 is 0 Å². The van der Waals surface area contributed by atoms with Gasteiger partial charge in [0.15, 0.2) is 11.5 Å². The molecule has 0 aliphatic rings. The molecule has 254 valence electrons. The molecule has 0 unspecified atom stereocenters. The molecule has 0 radical (unpaired) electrons. The first-order valence-electron chi connectivity index (χ1n) is 16.8. The second kappa shape index (κ2) is 19.7. The number of fused-ring (bicyclic) bond motifs is 1. The fraction of sp³-hybridized carbons (Fsp3) is 0.618. The molecule has 1 amide bonds. The normalized spacial score (nSPS) is 11.5. The molecule has 0 saturated carbocycles. The van der Waals surface area contributed by atoms with Crippen LogP contribution in [0.4, 0.5) is 5.82 Å². The van der Waals surface area contributed by atoms with Gasteiger partial charge in [-0.15, -0.1) is 0 Å². The van der Waals surface area contributed by atoms with Crippen molar-refractivity contribution in [3.8, 4) is 6.01 Å². The van der Waals surface area contributed by atoms with Gasteiger partial charge >= 0.3 is 17.7 Å². The highest BCUT2D eigenvalue weighted by atomic mass is 16.5. The van der Waals surface area contributed by atoms with Gasteiger partial charge in [0.25, 0.3) is 0 Å². The minimum Gasteiger partial charge on any atom is -0.469 e. The molecule has 46 heavy (non-hydrogen) atoms. The third-order valence-corrected chi connectivity index (χ3v) is 8.17. The van der Waals surface area contributed by atoms with Gasteiger partial charge in [0.1, 0.15) is 5.52 Å². The largest absolute Gasteiger partial charge is 0.469 e. The molecule has 2 N–H and O–H groups in total. The zero-order valence-corrected chi connectivity index (χ0v) is 28.4. The predicted octanol–water partition coefficient (Wildman–Crippen LogP) is 4.62. The van der Waals surface area contributed by atoms with Crippen LogP contribution in [-0.2, 0) is 27.3 Å². The topological polar surface area (TPSA) is 135 Å². The van der Waals surface area contributed by atoms with Crippen molar-refractivity contribution in [2.24, 2.45) is 0 Å². The van der Waals surface area contributed by atoms with E-state index in [9.17, 15) is 14.4 Å². The Morgan fingerprint density at radius 3 is 2.35 bits per heavy atom. The van der Waals surface area contributed by atoms with E-state index in [2.05, 4.69) is 57.8 Å². The lowest BCUT2D eigenvalue weighted by Gasteiger charge is -2.23. The van der Waals surface area contributed by atoms with Gasteiger partial charge in [-0.2, -0.15) is 9.97 Å². The summed E-state index contributed by atoms with van der Waals surface area (Å²) < 4.78 is 12.1. The highest BCUT2D eigenvalue weighted by Gasteiger charge is 2.19. The fourth-order valence-electron chi connectivity index (χ4n) is 5.36. The van der Waals surface area contributed by atoms with Gasteiger partial charge in [-0.05, 0) is 76.1 Å². The van der Waals surface area contributed by atoms with Crippen LogP contribution in [0.1, 0.15) is 83.8 Å². The van der Waals surface area contributed by atoms with Crippen LogP contribution in [0.25, 0.3) is 11.2 Å². The second-order valence-electron chi connectivity index (χ2n) is 11.5. The fourth-order valence-corrected chi connectivity index (χ4v) is 5.36. The Bertz CT molecular complexity index is 1430. The third kappa shape index (κ3) is 11.5. The maximum absolute atomic E-state index is 13.1. The van der Waals surface area contributed by atoms with Gasteiger partial charge in [0, 0.05) is 6.42 Å². The Labute approximate surface area is 272 Å². The summed E-state index contributed by atoms with van der Waals surface area (Å²) in [5, 5.41) is 2.90. The van der Waals surface area contributed by atoms with Crippen LogP contribution in [0.5, 0.6) is 6.01 Å². The van der Waals surface area contributed by atoms with Crippen LogP contribution in [0.3, 0.4) is 0 Å². The van der Waals surface area contributed by atoms with Crippen molar-refractivity contribution in [1.82, 2.24) is 29.3 Å². The zero-order chi connectivity index (χ0) is 33.3. The first-order valence-corrected chi connectivity index (χ1v) is 16.8. The maximum atomic E-state index is 13.1.